The molecule has 0 amide bonds. The van der Waals surface area contributed by atoms with E-state index in [1.807, 2.05) is 0 Å². The van der Waals surface area contributed by atoms with Crippen LogP contribution in [0.2, 0.25) is 5.02 Å². The molecule has 0 fully saturated rings. The summed E-state index contributed by atoms with van der Waals surface area (Å²) >= 11 is 5.83. The summed E-state index contributed by atoms with van der Waals surface area (Å²) in [5, 5.41) is 0.329. The fourth-order valence-electron chi connectivity index (χ4n) is 1.64. The lowest BCUT2D eigenvalue weighted by molar-refractivity contribution is -0.140. The van der Waals surface area contributed by atoms with Crippen molar-refractivity contribution in [2.45, 2.75) is 11.3 Å². The molecule has 0 saturated carbocycles. The van der Waals surface area contributed by atoms with Crippen LogP contribution in [0, 0.1) is 0 Å². The van der Waals surface area contributed by atoms with Gasteiger partial charge in [-0.2, -0.15) is 4.31 Å². The van der Waals surface area contributed by atoms with E-state index in [-0.39, 0.29) is 31.0 Å². The molecule has 0 saturated heterocycles. The van der Waals surface area contributed by atoms with Gasteiger partial charge in [0.2, 0.25) is 10.0 Å². The van der Waals surface area contributed by atoms with Crippen molar-refractivity contribution in [2.75, 3.05) is 33.9 Å². The van der Waals surface area contributed by atoms with Gasteiger partial charge >= 0.3 is 5.97 Å². The predicted octanol–water partition coefficient (Wildman–Crippen LogP) is 1.54. The molecule has 0 atom stereocenters. The van der Waals surface area contributed by atoms with E-state index < -0.39 is 16.0 Å². The first-order valence-corrected chi connectivity index (χ1v) is 8.05. The Morgan fingerprint density at radius 1 is 1.29 bits per heavy atom. The minimum absolute atomic E-state index is 0.0187. The van der Waals surface area contributed by atoms with Crippen LogP contribution >= 0.6 is 11.6 Å². The molecule has 0 radical (unpaired) electrons. The number of carbonyl (C=O) groups excluding carboxylic acids is 1. The second-order valence-electron chi connectivity index (χ2n) is 4.18. The van der Waals surface area contributed by atoms with Crippen molar-refractivity contribution in [3.05, 3.63) is 29.3 Å². The van der Waals surface area contributed by atoms with E-state index in [1.165, 1.54) is 30.7 Å². The van der Waals surface area contributed by atoms with E-state index in [4.69, 9.17) is 16.3 Å². The van der Waals surface area contributed by atoms with Gasteiger partial charge < -0.3 is 9.47 Å². The molecular formula is C13H18ClNO5S. The van der Waals surface area contributed by atoms with E-state index >= 15 is 0 Å². The fourth-order valence-corrected chi connectivity index (χ4v) is 3.37. The van der Waals surface area contributed by atoms with Crippen molar-refractivity contribution in [3.63, 3.8) is 0 Å². The summed E-state index contributed by atoms with van der Waals surface area (Å²) in [6.07, 6.45) is -0.0278. The molecule has 8 heteroatoms. The zero-order valence-corrected chi connectivity index (χ0v) is 13.5. The number of benzene rings is 1. The van der Waals surface area contributed by atoms with Crippen molar-refractivity contribution in [1.29, 1.82) is 0 Å². The van der Waals surface area contributed by atoms with Gasteiger partial charge in [-0.3, -0.25) is 4.79 Å². The lowest BCUT2D eigenvalue weighted by atomic mass is 10.4. The molecule has 0 N–H and O–H groups in total. The largest absolute Gasteiger partial charge is 0.469 e. The molecule has 0 aromatic heterocycles. The van der Waals surface area contributed by atoms with Crippen LogP contribution in [-0.2, 0) is 24.3 Å². The number of ether oxygens (including phenoxy) is 2. The van der Waals surface area contributed by atoms with Crippen molar-refractivity contribution >= 4 is 27.6 Å². The molecule has 1 aromatic rings. The van der Waals surface area contributed by atoms with E-state index in [0.29, 0.717) is 5.02 Å². The quantitative estimate of drug-likeness (QED) is 0.674. The van der Waals surface area contributed by atoms with E-state index in [1.54, 1.807) is 12.1 Å². The van der Waals surface area contributed by atoms with Gasteiger partial charge in [0.05, 0.1) is 25.0 Å². The molecule has 1 rings (SSSR count). The molecule has 0 heterocycles. The number of hydrogen-bond donors (Lipinski definition) is 0. The molecule has 21 heavy (non-hydrogen) atoms. The van der Waals surface area contributed by atoms with Crippen LogP contribution in [0.5, 0.6) is 0 Å². The Hall–Kier alpha value is -1.15. The Bertz CT molecular complexity index is 576. The predicted molar refractivity (Wildman–Crippen MR) is 78.7 cm³/mol. The number of hydrogen-bond acceptors (Lipinski definition) is 5. The number of nitrogens with zero attached hydrogens (tertiary/aromatic N) is 1. The molecular weight excluding hydrogens is 318 g/mol. The smallest absolute Gasteiger partial charge is 0.306 e. The molecule has 1 aromatic carbocycles. The maximum absolute atomic E-state index is 12.6. The van der Waals surface area contributed by atoms with Crippen molar-refractivity contribution in [3.8, 4) is 0 Å². The second kappa shape index (κ2) is 8.33. The van der Waals surface area contributed by atoms with Crippen LogP contribution in [0.4, 0.5) is 0 Å². The highest BCUT2D eigenvalue weighted by atomic mass is 35.5. The lowest BCUT2D eigenvalue weighted by Crippen LogP contribution is -2.35. The summed E-state index contributed by atoms with van der Waals surface area (Å²) in [5.41, 5.74) is 0. The fraction of sp³-hybridized carbons (Fsp3) is 0.462. The van der Waals surface area contributed by atoms with Crippen LogP contribution in [0.3, 0.4) is 0 Å². The number of rotatable bonds is 8. The molecule has 0 aliphatic heterocycles. The van der Waals surface area contributed by atoms with Gasteiger partial charge in [-0.05, 0) is 18.2 Å². The third-order valence-electron chi connectivity index (χ3n) is 2.77. The first-order chi connectivity index (χ1) is 9.91. The van der Waals surface area contributed by atoms with Gasteiger partial charge in [-0.25, -0.2) is 8.42 Å². The lowest BCUT2D eigenvalue weighted by Gasteiger charge is -2.21. The Morgan fingerprint density at radius 2 is 2.00 bits per heavy atom. The van der Waals surface area contributed by atoms with Crippen LogP contribution in [-0.4, -0.2) is 52.6 Å². The average molecular weight is 336 g/mol. The van der Waals surface area contributed by atoms with Crippen LogP contribution in [0.25, 0.3) is 0 Å². The molecule has 0 aliphatic rings. The summed E-state index contributed by atoms with van der Waals surface area (Å²) < 4.78 is 35.7. The minimum Gasteiger partial charge on any atom is -0.469 e. The van der Waals surface area contributed by atoms with E-state index in [9.17, 15) is 13.2 Å². The normalized spacial score (nSPS) is 11.6. The molecule has 0 aliphatic carbocycles. The molecule has 118 valence electrons. The highest BCUT2D eigenvalue weighted by Crippen LogP contribution is 2.19. The number of sulfonamides is 1. The van der Waals surface area contributed by atoms with E-state index in [0.717, 1.165) is 0 Å². The van der Waals surface area contributed by atoms with Gasteiger partial charge in [0.15, 0.2) is 0 Å². The molecule has 0 spiro atoms. The summed E-state index contributed by atoms with van der Waals surface area (Å²) in [6, 6.07) is 5.98. The zero-order valence-electron chi connectivity index (χ0n) is 11.9. The number of halogens is 1. The van der Waals surface area contributed by atoms with Crippen molar-refractivity contribution in [1.82, 2.24) is 4.31 Å². The third kappa shape index (κ3) is 5.28. The number of carbonyl (C=O) groups is 1. The van der Waals surface area contributed by atoms with E-state index in [2.05, 4.69) is 4.74 Å². The molecule has 0 unspecified atom stereocenters. The van der Waals surface area contributed by atoms with Crippen LogP contribution < -0.4 is 0 Å². The Morgan fingerprint density at radius 3 is 2.57 bits per heavy atom. The Labute approximate surface area is 129 Å². The topological polar surface area (TPSA) is 72.9 Å². The highest BCUT2D eigenvalue weighted by molar-refractivity contribution is 7.89. The highest BCUT2D eigenvalue weighted by Gasteiger charge is 2.25. The SMILES string of the molecule is COCCN(CCC(=O)OC)S(=O)(=O)c1cccc(Cl)c1. The van der Waals surface area contributed by atoms with Gasteiger partial charge in [0, 0.05) is 25.2 Å². The molecule has 6 nitrogen and oxygen atoms in total. The Kier molecular flexibility index (Phi) is 7.10. The summed E-state index contributed by atoms with van der Waals surface area (Å²) in [6.45, 7) is 0.383. The summed E-state index contributed by atoms with van der Waals surface area (Å²) in [7, 11) is -1.00. The second-order valence-corrected chi connectivity index (χ2v) is 6.55. The van der Waals surface area contributed by atoms with Gasteiger partial charge in [0.25, 0.3) is 0 Å². The van der Waals surface area contributed by atoms with Crippen molar-refractivity contribution < 1.29 is 22.7 Å². The van der Waals surface area contributed by atoms with Gasteiger partial charge in [-0.15, -0.1) is 0 Å². The first kappa shape index (κ1) is 17.9. The average Bonchev–Trinajstić information content (AvgIpc) is 2.46. The van der Waals surface area contributed by atoms with Crippen molar-refractivity contribution in [2.24, 2.45) is 0 Å². The summed E-state index contributed by atoms with van der Waals surface area (Å²) in [5.74, 6) is -0.473. The molecule has 0 bridgehead atoms. The minimum atomic E-state index is -3.74. The maximum Gasteiger partial charge on any atom is 0.306 e. The standard InChI is InChI=1S/C13H18ClNO5S/c1-19-9-8-15(7-6-13(16)20-2)21(17,18)12-5-3-4-11(14)10-12/h3-5,10H,6-9H2,1-2H3. The monoisotopic (exact) mass is 335 g/mol. The number of esters is 1. The van der Waals surface area contributed by atoms with Gasteiger partial charge in [0.1, 0.15) is 0 Å². The maximum atomic E-state index is 12.6. The van der Waals surface area contributed by atoms with Crippen LogP contribution in [0.15, 0.2) is 29.2 Å². The first-order valence-electron chi connectivity index (χ1n) is 6.23. The number of methoxy groups -OCH3 is 2. The Balaban J connectivity index is 2.96. The van der Waals surface area contributed by atoms with Crippen LogP contribution in [0.1, 0.15) is 6.42 Å². The summed E-state index contributed by atoms with van der Waals surface area (Å²) in [4.78, 5) is 11.3. The third-order valence-corrected chi connectivity index (χ3v) is 4.90. The zero-order chi connectivity index (χ0) is 15.9. The van der Waals surface area contributed by atoms with Gasteiger partial charge in [-0.1, -0.05) is 17.7 Å².